The standard InChI is InChI=1S/C36H40N2O8S2/c1-3-44-29-9-6-26(7-10-29)27-8-12-30(46-20-16-37-14-18-43-19-15-37)28(23-27)24-33-35(41)38(36(47)48-33)13-4-17-45-32-21-25(22-34(39)40)5-11-31(32)42-2/h5-12,21,23-24H,3-4,13-20,22H2,1-2H3,(H,39,40). The van der Waals surface area contributed by atoms with E-state index in [1.807, 2.05) is 55.5 Å². The fraction of sp³-hybridized carbons (Fsp3) is 0.361. The summed E-state index contributed by atoms with van der Waals surface area (Å²) in [5.74, 6) is 1.36. The fourth-order valence-electron chi connectivity index (χ4n) is 5.35. The Morgan fingerprint density at radius 3 is 2.40 bits per heavy atom. The lowest BCUT2D eigenvalue weighted by Crippen LogP contribution is -2.38. The quantitative estimate of drug-likeness (QED) is 0.112. The minimum absolute atomic E-state index is 0.118. The van der Waals surface area contributed by atoms with Crippen LogP contribution in [0.1, 0.15) is 24.5 Å². The molecule has 48 heavy (non-hydrogen) atoms. The molecule has 0 unspecified atom stereocenters. The third kappa shape index (κ3) is 9.50. The van der Waals surface area contributed by atoms with Gasteiger partial charge in [0, 0.05) is 31.7 Å². The predicted octanol–water partition coefficient (Wildman–Crippen LogP) is 5.77. The summed E-state index contributed by atoms with van der Waals surface area (Å²) < 4.78 is 29.1. The van der Waals surface area contributed by atoms with E-state index >= 15 is 0 Å². The molecule has 12 heteroatoms. The van der Waals surface area contributed by atoms with Crippen LogP contribution in [0.2, 0.25) is 0 Å². The van der Waals surface area contributed by atoms with Crippen LogP contribution >= 0.6 is 24.0 Å². The van der Waals surface area contributed by atoms with Gasteiger partial charge >= 0.3 is 5.97 Å². The SMILES string of the molecule is CCOc1ccc(-c2ccc(OCCN3CCOCC3)c(C=C3SC(=S)N(CCCOc4cc(CC(=O)O)ccc4OC)C3=O)c2)cc1. The highest BCUT2D eigenvalue weighted by Crippen LogP contribution is 2.36. The van der Waals surface area contributed by atoms with Crippen molar-refractivity contribution in [2.45, 2.75) is 19.8 Å². The van der Waals surface area contributed by atoms with Gasteiger partial charge in [0.15, 0.2) is 11.5 Å². The van der Waals surface area contributed by atoms with Crippen LogP contribution in [0.3, 0.4) is 0 Å². The van der Waals surface area contributed by atoms with E-state index in [9.17, 15) is 9.59 Å². The number of carboxylic acid groups (broad SMARTS) is 1. The summed E-state index contributed by atoms with van der Waals surface area (Å²) in [6.45, 7) is 7.71. The number of methoxy groups -OCH3 is 1. The average molecular weight is 693 g/mol. The first-order valence-corrected chi connectivity index (χ1v) is 17.1. The highest BCUT2D eigenvalue weighted by Gasteiger charge is 2.32. The van der Waals surface area contributed by atoms with Crippen molar-refractivity contribution in [3.05, 3.63) is 76.7 Å². The van der Waals surface area contributed by atoms with E-state index in [4.69, 9.17) is 41.0 Å². The van der Waals surface area contributed by atoms with Gasteiger partial charge < -0.3 is 28.8 Å². The number of carboxylic acids is 1. The van der Waals surface area contributed by atoms with Gasteiger partial charge in [-0.25, -0.2) is 0 Å². The van der Waals surface area contributed by atoms with Gasteiger partial charge in [-0.3, -0.25) is 19.4 Å². The third-order valence-electron chi connectivity index (χ3n) is 7.80. The molecule has 0 spiro atoms. The summed E-state index contributed by atoms with van der Waals surface area (Å²) in [6, 6.07) is 19.0. The summed E-state index contributed by atoms with van der Waals surface area (Å²) in [5.41, 5.74) is 3.41. The number of thioether (sulfide) groups is 1. The van der Waals surface area contributed by atoms with Crippen LogP contribution in [0.15, 0.2) is 65.6 Å². The Kier molecular flexibility index (Phi) is 12.7. The second-order valence-corrected chi connectivity index (χ2v) is 12.8. The number of thiocarbonyl (C=S) groups is 1. The Labute approximate surface area is 290 Å². The van der Waals surface area contributed by atoms with Crippen LogP contribution in [0.5, 0.6) is 23.0 Å². The summed E-state index contributed by atoms with van der Waals surface area (Å²) in [7, 11) is 1.53. The van der Waals surface area contributed by atoms with Crippen molar-refractivity contribution in [2.24, 2.45) is 0 Å². The molecule has 0 atom stereocenters. The maximum atomic E-state index is 13.6. The number of rotatable bonds is 16. The number of hydrogen-bond acceptors (Lipinski definition) is 10. The van der Waals surface area contributed by atoms with Crippen molar-refractivity contribution in [1.29, 1.82) is 0 Å². The molecule has 0 saturated carbocycles. The van der Waals surface area contributed by atoms with Gasteiger partial charge in [0.2, 0.25) is 0 Å². The minimum Gasteiger partial charge on any atom is -0.494 e. The molecule has 0 aliphatic carbocycles. The number of hydrogen-bond donors (Lipinski definition) is 1. The molecule has 2 heterocycles. The van der Waals surface area contributed by atoms with Crippen LogP contribution in [0, 0.1) is 0 Å². The number of ether oxygens (including phenoxy) is 5. The predicted molar refractivity (Wildman–Crippen MR) is 190 cm³/mol. The van der Waals surface area contributed by atoms with Crippen LogP contribution in [-0.2, 0) is 20.7 Å². The Bertz CT molecular complexity index is 1620. The van der Waals surface area contributed by atoms with Crippen molar-refractivity contribution in [1.82, 2.24) is 9.80 Å². The third-order valence-corrected chi connectivity index (χ3v) is 9.18. The van der Waals surface area contributed by atoms with Crippen molar-refractivity contribution < 1.29 is 38.4 Å². The molecule has 2 saturated heterocycles. The molecule has 2 fully saturated rings. The fourth-order valence-corrected chi connectivity index (χ4v) is 6.65. The van der Waals surface area contributed by atoms with Gasteiger partial charge in [-0.2, -0.15) is 0 Å². The molecule has 254 valence electrons. The van der Waals surface area contributed by atoms with E-state index in [1.165, 1.54) is 18.9 Å². The first-order chi connectivity index (χ1) is 23.3. The lowest BCUT2D eigenvalue weighted by Gasteiger charge is -2.26. The molecular formula is C36H40N2O8S2. The molecule has 2 aliphatic rings. The Balaban J connectivity index is 1.28. The van der Waals surface area contributed by atoms with E-state index in [0.717, 1.165) is 55.3 Å². The first kappa shape index (κ1) is 35.2. The van der Waals surface area contributed by atoms with E-state index in [1.54, 1.807) is 23.1 Å². The zero-order valence-electron chi connectivity index (χ0n) is 27.1. The lowest BCUT2D eigenvalue weighted by molar-refractivity contribution is -0.136. The summed E-state index contributed by atoms with van der Waals surface area (Å²) in [4.78, 5) is 29.1. The monoisotopic (exact) mass is 692 g/mol. The first-order valence-electron chi connectivity index (χ1n) is 15.9. The minimum atomic E-state index is -0.928. The second-order valence-electron chi connectivity index (χ2n) is 11.1. The molecule has 3 aromatic rings. The average Bonchev–Trinajstić information content (AvgIpc) is 3.35. The van der Waals surface area contributed by atoms with E-state index in [-0.39, 0.29) is 18.9 Å². The molecule has 1 N–H and O–H groups in total. The number of benzene rings is 3. The van der Waals surface area contributed by atoms with Gasteiger partial charge in [0.1, 0.15) is 22.4 Å². The maximum absolute atomic E-state index is 13.6. The van der Waals surface area contributed by atoms with Crippen LogP contribution in [-0.4, -0.2) is 97.4 Å². The zero-order valence-corrected chi connectivity index (χ0v) is 28.8. The van der Waals surface area contributed by atoms with Crippen molar-refractivity contribution >= 4 is 46.3 Å². The number of aliphatic carboxylic acids is 1. The van der Waals surface area contributed by atoms with E-state index in [2.05, 4.69) is 4.90 Å². The molecule has 0 aromatic heterocycles. The van der Waals surface area contributed by atoms with Gasteiger partial charge in [-0.05, 0) is 72.5 Å². The number of carbonyl (C=O) groups excluding carboxylic acids is 1. The van der Waals surface area contributed by atoms with Gasteiger partial charge in [0.05, 0.1) is 44.9 Å². The molecule has 5 rings (SSSR count). The van der Waals surface area contributed by atoms with Gasteiger partial charge in [-0.1, -0.05) is 48.2 Å². The lowest BCUT2D eigenvalue weighted by atomic mass is 10.0. The maximum Gasteiger partial charge on any atom is 0.307 e. The second kappa shape index (κ2) is 17.3. The molecule has 10 nitrogen and oxygen atoms in total. The topological polar surface area (TPSA) is 107 Å². The Morgan fingerprint density at radius 1 is 0.938 bits per heavy atom. The Hall–Kier alpha value is -4.10. The summed E-state index contributed by atoms with van der Waals surface area (Å²) >= 11 is 6.88. The van der Waals surface area contributed by atoms with Crippen LogP contribution < -0.4 is 18.9 Å². The highest BCUT2D eigenvalue weighted by molar-refractivity contribution is 8.26. The van der Waals surface area contributed by atoms with Crippen molar-refractivity contribution in [3.63, 3.8) is 0 Å². The van der Waals surface area contributed by atoms with Gasteiger partial charge in [-0.15, -0.1) is 0 Å². The molecule has 1 amide bonds. The van der Waals surface area contributed by atoms with E-state index < -0.39 is 5.97 Å². The van der Waals surface area contributed by atoms with Gasteiger partial charge in [0.25, 0.3) is 5.91 Å². The molecule has 0 bridgehead atoms. The number of amides is 1. The van der Waals surface area contributed by atoms with Crippen LogP contribution in [0.4, 0.5) is 0 Å². The zero-order chi connectivity index (χ0) is 33.9. The number of nitrogens with zero attached hydrogens (tertiary/aromatic N) is 2. The van der Waals surface area contributed by atoms with Crippen molar-refractivity contribution in [2.75, 3.05) is 66.3 Å². The molecular weight excluding hydrogens is 653 g/mol. The summed E-state index contributed by atoms with van der Waals surface area (Å²) in [6.07, 6.45) is 2.25. The smallest absolute Gasteiger partial charge is 0.307 e. The molecule has 0 radical (unpaired) electrons. The van der Waals surface area contributed by atoms with Crippen molar-refractivity contribution in [3.8, 4) is 34.1 Å². The normalized spacial score (nSPS) is 16.0. The largest absolute Gasteiger partial charge is 0.494 e. The Morgan fingerprint density at radius 2 is 1.67 bits per heavy atom. The summed E-state index contributed by atoms with van der Waals surface area (Å²) in [5, 5.41) is 9.13. The number of carbonyl (C=O) groups is 2. The molecule has 3 aromatic carbocycles. The van der Waals surface area contributed by atoms with Crippen LogP contribution in [0.25, 0.3) is 17.2 Å². The highest BCUT2D eigenvalue weighted by atomic mass is 32.2. The molecule has 2 aliphatic heterocycles. The number of morpholine rings is 1. The van der Waals surface area contributed by atoms with E-state index in [0.29, 0.717) is 58.2 Å².